The Balaban J connectivity index is 3.09. The molecule has 3 nitrogen and oxygen atoms in total. The summed E-state index contributed by atoms with van der Waals surface area (Å²) >= 11 is 5.84. The maximum atomic E-state index is 11.4. The van der Waals surface area contributed by atoms with E-state index in [1.165, 1.54) is 0 Å². The first-order valence-corrected chi connectivity index (χ1v) is 5.87. The van der Waals surface area contributed by atoms with Crippen molar-refractivity contribution in [2.75, 3.05) is 0 Å². The molecule has 0 bridgehead atoms. The molecular formula is C13H15ClO3. The van der Waals surface area contributed by atoms with Crippen molar-refractivity contribution >= 4 is 23.7 Å². The van der Waals surface area contributed by atoms with Crippen molar-refractivity contribution in [3.8, 4) is 0 Å². The summed E-state index contributed by atoms with van der Waals surface area (Å²) in [6.45, 7) is 1.92. The fraction of sp³-hybridized carbons (Fsp3) is 0.385. The zero-order valence-electron chi connectivity index (χ0n) is 9.60. The fourth-order valence-corrected chi connectivity index (χ4v) is 2.09. The highest BCUT2D eigenvalue weighted by molar-refractivity contribution is 6.46. The van der Waals surface area contributed by atoms with Gasteiger partial charge in [0.1, 0.15) is 0 Å². The van der Waals surface area contributed by atoms with Crippen LogP contribution in [-0.2, 0) is 9.59 Å². The summed E-state index contributed by atoms with van der Waals surface area (Å²) in [5, 5.41) is 7.86. The number of aldehydes is 1. The van der Waals surface area contributed by atoms with Gasteiger partial charge in [-0.2, -0.15) is 0 Å². The maximum Gasteiger partial charge on any atom is 0.242 e. The van der Waals surface area contributed by atoms with Gasteiger partial charge in [-0.25, -0.2) is 0 Å². The molecule has 1 N–H and O–H groups in total. The van der Waals surface area contributed by atoms with Crippen LogP contribution < -0.4 is 0 Å². The molecular weight excluding hydrogens is 240 g/mol. The highest BCUT2D eigenvalue weighted by atomic mass is 35.5. The SMILES string of the molecule is CCCC(c1ccccc1)C(O)(Cl)C(=O)C=O. The monoisotopic (exact) mass is 254 g/mol. The van der Waals surface area contributed by atoms with Gasteiger partial charge in [-0.15, -0.1) is 0 Å². The first-order chi connectivity index (χ1) is 8.04. The Labute approximate surface area is 105 Å². The first kappa shape index (κ1) is 13.9. The predicted molar refractivity (Wildman–Crippen MR) is 66.0 cm³/mol. The van der Waals surface area contributed by atoms with Gasteiger partial charge < -0.3 is 5.11 Å². The largest absolute Gasteiger partial charge is 0.368 e. The molecule has 0 radical (unpaired) electrons. The van der Waals surface area contributed by atoms with E-state index in [2.05, 4.69) is 0 Å². The molecule has 0 aliphatic heterocycles. The van der Waals surface area contributed by atoms with Crippen molar-refractivity contribution in [1.82, 2.24) is 0 Å². The van der Waals surface area contributed by atoms with Gasteiger partial charge in [0, 0.05) is 5.92 Å². The summed E-state index contributed by atoms with van der Waals surface area (Å²) in [5.74, 6) is -1.57. The standard InChI is InChI=1S/C13H15ClO3/c1-2-6-11(10-7-4-3-5-8-10)13(14,17)12(16)9-15/h3-5,7-9,11,17H,2,6H2,1H3. The molecule has 2 unspecified atom stereocenters. The maximum absolute atomic E-state index is 11.4. The third-order valence-electron chi connectivity index (χ3n) is 2.69. The zero-order chi connectivity index (χ0) is 12.9. The fourth-order valence-electron chi connectivity index (χ4n) is 1.81. The van der Waals surface area contributed by atoms with Gasteiger partial charge in [-0.05, 0) is 12.0 Å². The molecule has 0 aliphatic carbocycles. The van der Waals surface area contributed by atoms with Gasteiger partial charge in [0.2, 0.25) is 10.8 Å². The Bertz CT molecular complexity index is 387. The number of ketones is 1. The summed E-state index contributed by atoms with van der Waals surface area (Å²) in [5.41, 5.74) is 0.752. The van der Waals surface area contributed by atoms with E-state index < -0.39 is 16.8 Å². The van der Waals surface area contributed by atoms with Crippen LogP contribution in [0.3, 0.4) is 0 Å². The van der Waals surface area contributed by atoms with E-state index in [9.17, 15) is 14.7 Å². The summed E-state index contributed by atoms with van der Waals surface area (Å²) in [7, 11) is 0. The third-order valence-corrected chi connectivity index (χ3v) is 3.14. The van der Waals surface area contributed by atoms with Crippen LogP contribution in [0.2, 0.25) is 0 Å². The van der Waals surface area contributed by atoms with Crippen LogP contribution >= 0.6 is 11.6 Å². The minimum Gasteiger partial charge on any atom is -0.368 e. The van der Waals surface area contributed by atoms with Gasteiger partial charge in [0.05, 0.1) is 0 Å². The van der Waals surface area contributed by atoms with Crippen LogP contribution in [0.4, 0.5) is 0 Å². The van der Waals surface area contributed by atoms with E-state index in [0.717, 1.165) is 12.0 Å². The number of Topliss-reactive ketones (excluding diaryl/α,β-unsaturated/α-hetero) is 1. The minimum absolute atomic E-state index is 0.0681. The average molecular weight is 255 g/mol. The number of hydrogen-bond acceptors (Lipinski definition) is 3. The van der Waals surface area contributed by atoms with Crippen LogP contribution in [-0.4, -0.2) is 22.2 Å². The van der Waals surface area contributed by atoms with Crippen LogP contribution in [0.1, 0.15) is 31.2 Å². The molecule has 0 saturated heterocycles. The minimum atomic E-state index is -2.15. The number of alkyl halides is 1. The highest BCUT2D eigenvalue weighted by Gasteiger charge is 2.41. The van der Waals surface area contributed by atoms with E-state index in [1.54, 1.807) is 24.3 Å². The molecule has 1 aromatic rings. The van der Waals surface area contributed by atoms with Crippen LogP contribution in [0, 0.1) is 0 Å². The molecule has 0 fully saturated rings. The quantitative estimate of drug-likeness (QED) is 0.481. The van der Waals surface area contributed by atoms with Crippen molar-refractivity contribution in [1.29, 1.82) is 0 Å². The summed E-state index contributed by atoms with van der Waals surface area (Å²) in [6, 6.07) is 9.01. The van der Waals surface area contributed by atoms with Crippen LogP contribution in [0.15, 0.2) is 30.3 Å². The molecule has 1 rings (SSSR count). The Hall–Kier alpha value is -1.19. The van der Waals surface area contributed by atoms with Crippen molar-refractivity contribution < 1.29 is 14.7 Å². The van der Waals surface area contributed by atoms with Gasteiger partial charge in [-0.3, -0.25) is 9.59 Å². The normalized spacial score (nSPS) is 15.9. The van der Waals surface area contributed by atoms with Crippen molar-refractivity contribution in [2.24, 2.45) is 0 Å². The van der Waals surface area contributed by atoms with E-state index >= 15 is 0 Å². The van der Waals surface area contributed by atoms with Crippen molar-refractivity contribution in [3.63, 3.8) is 0 Å². The topological polar surface area (TPSA) is 54.4 Å². The number of benzene rings is 1. The number of hydrogen-bond donors (Lipinski definition) is 1. The van der Waals surface area contributed by atoms with Crippen molar-refractivity contribution in [2.45, 2.75) is 30.7 Å². The predicted octanol–water partition coefficient (Wildman–Crippen LogP) is 2.27. The molecule has 0 spiro atoms. The number of carbonyl (C=O) groups is 2. The second kappa shape index (κ2) is 5.94. The third kappa shape index (κ3) is 3.14. The van der Waals surface area contributed by atoms with E-state index in [0.29, 0.717) is 6.42 Å². The summed E-state index contributed by atoms with van der Waals surface area (Å²) < 4.78 is 0. The second-order valence-corrected chi connectivity index (χ2v) is 4.48. The Kier molecular flexibility index (Phi) is 4.85. The number of rotatable bonds is 6. The molecule has 17 heavy (non-hydrogen) atoms. The lowest BCUT2D eigenvalue weighted by molar-refractivity contribution is -0.139. The van der Waals surface area contributed by atoms with Crippen LogP contribution in [0.25, 0.3) is 0 Å². The van der Waals surface area contributed by atoms with E-state index in [4.69, 9.17) is 11.6 Å². The lowest BCUT2D eigenvalue weighted by atomic mass is 9.87. The smallest absolute Gasteiger partial charge is 0.242 e. The highest BCUT2D eigenvalue weighted by Crippen LogP contribution is 2.36. The van der Waals surface area contributed by atoms with Gasteiger partial charge >= 0.3 is 0 Å². The molecule has 0 aliphatic rings. The Morgan fingerprint density at radius 3 is 2.53 bits per heavy atom. The lowest BCUT2D eigenvalue weighted by Crippen LogP contribution is -2.39. The van der Waals surface area contributed by atoms with Gasteiger partial charge in [0.15, 0.2) is 6.29 Å². The average Bonchev–Trinajstić information content (AvgIpc) is 2.35. The molecule has 0 amide bonds. The summed E-state index contributed by atoms with van der Waals surface area (Å²) in [4.78, 5) is 21.9. The van der Waals surface area contributed by atoms with Gasteiger partial charge in [0.25, 0.3) is 0 Å². The Morgan fingerprint density at radius 1 is 1.47 bits per heavy atom. The van der Waals surface area contributed by atoms with Crippen LogP contribution in [0.5, 0.6) is 0 Å². The van der Waals surface area contributed by atoms with E-state index in [1.807, 2.05) is 13.0 Å². The molecule has 0 heterocycles. The van der Waals surface area contributed by atoms with Crippen molar-refractivity contribution in [3.05, 3.63) is 35.9 Å². The number of carbonyl (C=O) groups excluding carboxylic acids is 2. The molecule has 4 heteroatoms. The number of halogens is 1. The molecule has 1 aromatic carbocycles. The van der Waals surface area contributed by atoms with E-state index in [-0.39, 0.29) is 6.29 Å². The number of aliphatic hydroxyl groups is 1. The summed E-state index contributed by atoms with van der Waals surface area (Å²) in [6.07, 6.45) is 1.35. The molecule has 92 valence electrons. The lowest BCUT2D eigenvalue weighted by Gasteiger charge is -2.27. The second-order valence-electron chi connectivity index (χ2n) is 3.91. The molecule has 0 aromatic heterocycles. The zero-order valence-corrected chi connectivity index (χ0v) is 10.4. The molecule has 2 atom stereocenters. The Morgan fingerprint density at radius 2 is 2.06 bits per heavy atom. The first-order valence-electron chi connectivity index (χ1n) is 5.49. The molecule has 0 saturated carbocycles. The van der Waals surface area contributed by atoms with Gasteiger partial charge in [-0.1, -0.05) is 55.3 Å².